The number of aryl methyl sites for hydroxylation is 2. The van der Waals surface area contributed by atoms with Crippen molar-refractivity contribution in [2.75, 3.05) is 30.7 Å². The second-order valence-electron chi connectivity index (χ2n) is 7.99. The molecule has 4 rings (SSSR count). The van der Waals surface area contributed by atoms with Crippen LogP contribution in [0, 0.1) is 6.92 Å². The van der Waals surface area contributed by atoms with E-state index in [-0.39, 0.29) is 16.8 Å². The topological polar surface area (TPSA) is 52.7 Å². The van der Waals surface area contributed by atoms with Crippen LogP contribution in [0.25, 0.3) is 0 Å². The minimum absolute atomic E-state index is 0.0504. The summed E-state index contributed by atoms with van der Waals surface area (Å²) in [6.45, 7) is 6.17. The zero-order valence-corrected chi connectivity index (χ0v) is 18.5. The van der Waals surface area contributed by atoms with Gasteiger partial charge in [-0.25, -0.2) is 4.79 Å². The Hall–Kier alpha value is -2.47. The number of carbonyl (C=O) groups is 2. The number of likely N-dealkylation sites (tertiary alicyclic amines) is 1. The van der Waals surface area contributed by atoms with Crippen LogP contribution in [0.4, 0.5) is 10.5 Å². The number of nitrogens with one attached hydrogen (secondary N) is 1. The third kappa shape index (κ3) is 3.93. The Morgan fingerprint density at radius 3 is 2.47 bits per heavy atom. The minimum atomic E-state index is -0.197. The molecule has 30 heavy (non-hydrogen) atoms. The highest BCUT2D eigenvalue weighted by molar-refractivity contribution is 8.00. The van der Waals surface area contributed by atoms with Crippen molar-refractivity contribution in [1.29, 1.82) is 0 Å². The Labute approximate surface area is 182 Å². The van der Waals surface area contributed by atoms with Crippen LogP contribution in [0.5, 0.6) is 0 Å². The minimum Gasteiger partial charge on any atom is -0.324 e. The van der Waals surface area contributed by atoms with E-state index in [2.05, 4.69) is 17.1 Å². The van der Waals surface area contributed by atoms with Crippen LogP contribution in [-0.2, 0) is 6.42 Å². The van der Waals surface area contributed by atoms with Crippen LogP contribution in [0.3, 0.4) is 0 Å². The fraction of sp³-hybridized carbons (Fsp3) is 0.417. The second kappa shape index (κ2) is 8.72. The molecule has 0 aliphatic carbocycles. The first-order chi connectivity index (χ1) is 14.5. The summed E-state index contributed by atoms with van der Waals surface area (Å²) in [5, 5.41) is 3.08. The van der Waals surface area contributed by atoms with Gasteiger partial charge in [-0.15, -0.1) is 11.8 Å². The lowest BCUT2D eigenvalue weighted by atomic mass is 10.00. The van der Waals surface area contributed by atoms with E-state index in [1.54, 1.807) is 0 Å². The molecule has 0 atom stereocenters. The van der Waals surface area contributed by atoms with Crippen LogP contribution in [-0.4, -0.2) is 52.0 Å². The molecule has 2 aliphatic rings. The van der Waals surface area contributed by atoms with Crippen molar-refractivity contribution in [3.05, 3.63) is 65.2 Å². The number of hydrogen-bond acceptors (Lipinski definition) is 3. The fourth-order valence-corrected chi connectivity index (χ4v) is 5.93. The number of carbonyl (C=O) groups excluding carboxylic acids is 2. The van der Waals surface area contributed by atoms with Gasteiger partial charge < -0.3 is 15.1 Å². The van der Waals surface area contributed by atoms with Gasteiger partial charge in [-0.3, -0.25) is 4.79 Å². The smallest absolute Gasteiger partial charge is 0.321 e. The summed E-state index contributed by atoms with van der Waals surface area (Å²) in [6.07, 6.45) is 2.49. The zero-order chi connectivity index (χ0) is 21.1. The molecule has 2 aromatic carbocycles. The Morgan fingerprint density at radius 1 is 1.03 bits per heavy atom. The molecule has 158 valence electrons. The van der Waals surface area contributed by atoms with Crippen LogP contribution < -0.4 is 5.32 Å². The lowest BCUT2D eigenvalue weighted by Crippen LogP contribution is -2.54. The van der Waals surface area contributed by atoms with Crippen LogP contribution >= 0.6 is 11.8 Å². The van der Waals surface area contributed by atoms with Crippen LogP contribution in [0.15, 0.2) is 48.5 Å². The fourth-order valence-electron chi connectivity index (χ4n) is 4.47. The van der Waals surface area contributed by atoms with Crippen molar-refractivity contribution in [3.8, 4) is 0 Å². The van der Waals surface area contributed by atoms with Crippen molar-refractivity contribution < 1.29 is 9.59 Å². The van der Waals surface area contributed by atoms with Gasteiger partial charge in [-0.05, 0) is 49.4 Å². The van der Waals surface area contributed by atoms with E-state index in [1.807, 2.05) is 72.1 Å². The highest BCUT2D eigenvalue weighted by Gasteiger charge is 2.47. The Balaban J connectivity index is 1.43. The average Bonchev–Trinajstić information content (AvgIpc) is 3.17. The number of benzene rings is 2. The van der Waals surface area contributed by atoms with Gasteiger partial charge in [0.1, 0.15) is 0 Å². The predicted molar refractivity (Wildman–Crippen MR) is 123 cm³/mol. The van der Waals surface area contributed by atoms with Gasteiger partial charge in [-0.1, -0.05) is 43.3 Å². The number of anilines is 1. The van der Waals surface area contributed by atoms with Gasteiger partial charge in [0.15, 0.2) is 0 Å². The summed E-state index contributed by atoms with van der Waals surface area (Å²) in [6, 6.07) is 15.7. The summed E-state index contributed by atoms with van der Waals surface area (Å²) in [4.78, 5) is 29.9. The highest BCUT2D eigenvalue weighted by Crippen LogP contribution is 2.44. The Morgan fingerprint density at radius 2 is 1.73 bits per heavy atom. The first-order valence-electron chi connectivity index (χ1n) is 10.7. The molecule has 2 aromatic rings. The summed E-state index contributed by atoms with van der Waals surface area (Å²) in [5.74, 6) is 1.07. The molecule has 0 saturated carbocycles. The number of urea groups is 1. The molecule has 5 nitrogen and oxygen atoms in total. The standard InChI is InChI=1S/C24H29N3O2S/c1-3-19-9-5-7-11-21(19)25-23(29)26-14-12-24(13-15-26)27(16-17-30-24)22(28)20-10-6-4-8-18(20)2/h4-11H,3,12-17H2,1-2H3,(H,25,29). The number of amides is 3. The molecular weight excluding hydrogens is 394 g/mol. The van der Waals surface area contributed by atoms with Gasteiger partial charge in [0.2, 0.25) is 0 Å². The summed E-state index contributed by atoms with van der Waals surface area (Å²) in [5.41, 5.74) is 3.83. The van der Waals surface area contributed by atoms with E-state index in [0.717, 1.165) is 53.9 Å². The molecule has 0 radical (unpaired) electrons. The van der Waals surface area contributed by atoms with E-state index in [1.165, 1.54) is 0 Å². The van der Waals surface area contributed by atoms with Crippen molar-refractivity contribution in [2.24, 2.45) is 0 Å². The number of piperidine rings is 1. The number of hydrogen-bond donors (Lipinski definition) is 1. The Kier molecular flexibility index (Phi) is 6.04. The number of thioether (sulfide) groups is 1. The molecule has 2 saturated heterocycles. The van der Waals surface area contributed by atoms with Crippen molar-refractivity contribution in [2.45, 2.75) is 38.0 Å². The van der Waals surface area contributed by atoms with Gasteiger partial charge in [0.05, 0.1) is 4.87 Å². The zero-order valence-electron chi connectivity index (χ0n) is 17.7. The van der Waals surface area contributed by atoms with Crippen LogP contribution in [0.1, 0.15) is 41.3 Å². The molecule has 6 heteroatoms. The maximum Gasteiger partial charge on any atom is 0.321 e. The van der Waals surface area contributed by atoms with E-state index in [0.29, 0.717) is 13.1 Å². The SMILES string of the molecule is CCc1ccccc1NC(=O)N1CCC2(CC1)SCCN2C(=O)c1ccccc1C. The monoisotopic (exact) mass is 423 g/mol. The predicted octanol–water partition coefficient (Wildman–Crippen LogP) is 4.77. The van der Waals surface area contributed by atoms with Crippen molar-refractivity contribution in [3.63, 3.8) is 0 Å². The highest BCUT2D eigenvalue weighted by atomic mass is 32.2. The number of nitrogens with zero attached hydrogens (tertiary/aromatic N) is 2. The molecule has 3 amide bonds. The third-order valence-corrected chi connectivity index (χ3v) is 7.82. The van der Waals surface area contributed by atoms with Gasteiger partial charge in [0, 0.05) is 36.6 Å². The van der Waals surface area contributed by atoms with Crippen molar-refractivity contribution in [1.82, 2.24) is 9.80 Å². The molecule has 1 N–H and O–H groups in total. The summed E-state index contributed by atoms with van der Waals surface area (Å²) >= 11 is 1.87. The lowest BCUT2D eigenvalue weighted by molar-refractivity contribution is 0.0585. The lowest BCUT2D eigenvalue weighted by Gasteiger charge is -2.44. The van der Waals surface area contributed by atoms with E-state index in [4.69, 9.17) is 0 Å². The normalized spacial score (nSPS) is 17.9. The van der Waals surface area contributed by atoms with Gasteiger partial charge >= 0.3 is 6.03 Å². The van der Waals surface area contributed by atoms with Crippen LogP contribution in [0.2, 0.25) is 0 Å². The maximum absolute atomic E-state index is 13.3. The molecule has 0 aromatic heterocycles. The summed E-state index contributed by atoms with van der Waals surface area (Å²) < 4.78 is 0. The third-order valence-electron chi connectivity index (χ3n) is 6.27. The number of rotatable bonds is 3. The van der Waals surface area contributed by atoms with Gasteiger partial charge in [0.25, 0.3) is 5.91 Å². The summed E-state index contributed by atoms with van der Waals surface area (Å²) in [7, 11) is 0. The van der Waals surface area contributed by atoms with E-state index >= 15 is 0 Å². The molecular formula is C24H29N3O2S. The molecule has 0 unspecified atom stereocenters. The largest absolute Gasteiger partial charge is 0.324 e. The second-order valence-corrected chi connectivity index (χ2v) is 9.45. The molecule has 1 spiro atoms. The quantitative estimate of drug-likeness (QED) is 0.774. The van der Waals surface area contributed by atoms with Gasteiger partial charge in [-0.2, -0.15) is 0 Å². The molecule has 0 bridgehead atoms. The average molecular weight is 424 g/mol. The maximum atomic E-state index is 13.3. The molecule has 2 fully saturated rings. The van der Waals surface area contributed by atoms with Crippen molar-refractivity contribution >= 4 is 29.4 Å². The van der Waals surface area contributed by atoms with E-state index in [9.17, 15) is 9.59 Å². The number of para-hydroxylation sites is 1. The first kappa shape index (κ1) is 20.8. The first-order valence-corrected chi connectivity index (χ1v) is 11.7. The molecule has 2 heterocycles. The molecule has 2 aliphatic heterocycles. The Bertz CT molecular complexity index is 938. The van der Waals surface area contributed by atoms with E-state index < -0.39 is 0 Å².